The van der Waals surface area contributed by atoms with Crippen molar-refractivity contribution in [1.29, 1.82) is 0 Å². The minimum atomic E-state index is -4.75. The number of nitrogens with two attached hydrogens (primary N) is 1. The number of carboxylic acid groups (broad SMARTS) is 1. The van der Waals surface area contributed by atoms with Crippen molar-refractivity contribution in [1.82, 2.24) is 0 Å². The lowest BCUT2D eigenvalue weighted by atomic mass is 10.0. The van der Waals surface area contributed by atoms with Crippen LogP contribution in [0.2, 0.25) is 0 Å². The number of rotatable bonds is 45. The number of esters is 2. The van der Waals surface area contributed by atoms with Crippen LogP contribution in [0.1, 0.15) is 200 Å². The molecule has 0 bridgehead atoms. The Morgan fingerprint density at radius 3 is 1.63 bits per heavy atom. The van der Waals surface area contributed by atoms with Gasteiger partial charge in [0.2, 0.25) is 0 Å². The standard InChI is InChI=1S/C50H88NO11P/c1-3-5-7-9-11-12-13-14-15-16-17-18-19-20-21-22-23-24-28-32-36-40-48(53)59-42-46(43-60-63(57,58)61-44-47(51)50(55)56)62-49(54)41-37-33-29-26-25-27-31-35-39-45(52)38-34-30-10-8-6-4-2/h6,8,26-27,29-31,34-35,39,45-47,52H,3-5,7,9-25,28,32-33,36-38,40-44,51H2,1-2H3,(H,55,56)(H,57,58)/b8-6-,29-26-,31-27-,34-30-,39-35+/t45?,46-,47+/m1/s1. The highest BCUT2D eigenvalue weighted by atomic mass is 31.2. The van der Waals surface area contributed by atoms with Crippen LogP contribution >= 0.6 is 7.82 Å². The van der Waals surface area contributed by atoms with Gasteiger partial charge in [0.25, 0.3) is 0 Å². The summed E-state index contributed by atoms with van der Waals surface area (Å²) in [4.78, 5) is 46.1. The summed E-state index contributed by atoms with van der Waals surface area (Å²) in [6, 6.07) is -1.54. The maximum atomic E-state index is 12.6. The molecule has 0 rings (SSSR count). The molecular weight excluding hydrogens is 822 g/mol. The predicted octanol–water partition coefficient (Wildman–Crippen LogP) is 12.5. The van der Waals surface area contributed by atoms with Crippen molar-refractivity contribution in [2.45, 2.75) is 218 Å². The molecule has 364 valence electrons. The normalized spacial score (nSPS) is 14.6. The fraction of sp³-hybridized carbons (Fsp3) is 0.740. The number of unbranched alkanes of at least 4 members (excludes halogenated alkanes) is 21. The number of carboxylic acids is 1. The van der Waals surface area contributed by atoms with Gasteiger partial charge in [0.15, 0.2) is 6.10 Å². The number of allylic oxidation sites excluding steroid dienone is 8. The number of aliphatic hydroxyl groups is 1. The molecule has 13 heteroatoms. The minimum Gasteiger partial charge on any atom is -0.480 e. The summed E-state index contributed by atoms with van der Waals surface area (Å²) in [5, 5.41) is 18.9. The van der Waals surface area contributed by atoms with Crippen LogP contribution in [0.5, 0.6) is 0 Å². The van der Waals surface area contributed by atoms with Crippen LogP contribution in [0, 0.1) is 0 Å². The summed E-state index contributed by atoms with van der Waals surface area (Å²) < 4.78 is 32.7. The second-order valence-electron chi connectivity index (χ2n) is 16.4. The highest BCUT2D eigenvalue weighted by molar-refractivity contribution is 7.47. The number of aliphatic carboxylic acids is 1. The zero-order chi connectivity index (χ0) is 46.5. The van der Waals surface area contributed by atoms with E-state index in [2.05, 4.69) is 30.5 Å². The number of ether oxygens (including phenoxy) is 2. The lowest BCUT2D eigenvalue weighted by molar-refractivity contribution is -0.161. The third-order valence-electron chi connectivity index (χ3n) is 10.4. The first-order valence-corrected chi connectivity index (χ1v) is 25.9. The lowest BCUT2D eigenvalue weighted by Gasteiger charge is -2.20. The average molecular weight is 910 g/mol. The van der Waals surface area contributed by atoms with Gasteiger partial charge in [-0.05, 0) is 44.9 Å². The largest absolute Gasteiger partial charge is 0.480 e. The Balaban J connectivity index is 4.38. The highest BCUT2D eigenvalue weighted by Crippen LogP contribution is 2.43. The van der Waals surface area contributed by atoms with E-state index in [1.54, 1.807) is 6.08 Å². The van der Waals surface area contributed by atoms with Crippen LogP contribution in [0.15, 0.2) is 60.8 Å². The molecule has 2 unspecified atom stereocenters. The third-order valence-corrected chi connectivity index (χ3v) is 11.3. The predicted molar refractivity (Wildman–Crippen MR) is 255 cm³/mol. The van der Waals surface area contributed by atoms with Gasteiger partial charge >= 0.3 is 25.7 Å². The van der Waals surface area contributed by atoms with Gasteiger partial charge in [-0.25, -0.2) is 4.57 Å². The van der Waals surface area contributed by atoms with Gasteiger partial charge < -0.3 is 30.3 Å². The molecule has 63 heavy (non-hydrogen) atoms. The molecule has 0 radical (unpaired) electrons. The van der Waals surface area contributed by atoms with Crippen molar-refractivity contribution in [3.8, 4) is 0 Å². The van der Waals surface area contributed by atoms with E-state index in [1.807, 2.05) is 42.5 Å². The van der Waals surface area contributed by atoms with Gasteiger partial charge in [-0.15, -0.1) is 0 Å². The first-order chi connectivity index (χ1) is 30.5. The van der Waals surface area contributed by atoms with Crippen molar-refractivity contribution in [2.24, 2.45) is 5.73 Å². The molecule has 0 aliphatic carbocycles. The van der Waals surface area contributed by atoms with Gasteiger partial charge in [0.05, 0.1) is 19.3 Å². The minimum absolute atomic E-state index is 0.0504. The molecule has 0 fully saturated rings. The zero-order valence-electron chi connectivity index (χ0n) is 39.3. The van der Waals surface area contributed by atoms with Gasteiger partial charge in [-0.1, -0.05) is 203 Å². The van der Waals surface area contributed by atoms with Crippen LogP contribution in [-0.4, -0.2) is 71.1 Å². The van der Waals surface area contributed by atoms with Gasteiger partial charge in [-0.3, -0.25) is 23.4 Å². The van der Waals surface area contributed by atoms with Gasteiger partial charge in [-0.2, -0.15) is 0 Å². The first-order valence-electron chi connectivity index (χ1n) is 24.4. The van der Waals surface area contributed by atoms with E-state index in [0.29, 0.717) is 32.1 Å². The molecule has 0 spiro atoms. The van der Waals surface area contributed by atoms with Crippen molar-refractivity contribution >= 4 is 25.7 Å². The molecule has 0 aromatic rings. The Morgan fingerprint density at radius 2 is 1.08 bits per heavy atom. The maximum Gasteiger partial charge on any atom is 0.472 e. The summed E-state index contributed by atoms with van der Waals surface area (Å²) in [6.07, 6.45) is 49.0. The number of hydrogen-bond acceptors (Lipinski definition) is 10. The lowest BCUT2D eigenvalue weighted by Crippen LogP contribution is -2.34. The van der Waals surface area contributed by atoms with Gasteiger partial charge in [0.1, 0.15) is 12.6 Å². The quantitative estimate of drug-likeness (QED) is 0.0149. The molecule has 0 aromatic carbocycles. The topological polar surface area (TPSA) is 192 Å². The molecule has 0 aromatic heterocycles. The number of phosphoric acid groups is 1. The average Bonchev–Trinajstić information content (AvgIpc) is 3.26. The second-order valence-corrected chi connectivity index (χ2v) is 17.9. The van der Waals surface area contributed by atoms with Crippen molar-refractivity contribution in [3.05, 3.63) is 60.8 Å². The Bertz CT molecular complexity index is 1310. The van der Waals surface area contributed by atoms with Crippen LogP contribution in [0.4, 0.5) is 0 Å². The van der Waals surface area contributed by atoms with E-state index in [-0.39, 0.29) is 19.4 Å². The summed E-state index contributed by atoms with van der Waals surface area (Å²) in [5.41, 5.74) is 5.34. The number of phosphoric ester groups is 1. The van der Waals surface area contributed by atoms with Crippen LogP contribution in [0.3, 0.4) is 0 Å². The molecule has 0 aliphatic heterocycles. The number of aliphatic hydroxyl groups excluding tert-OH is 1. The molecular formula is C50H88NO11P. The molecule has 0 saturated heterocycles. The Hall–Kier alpha value is -2.86. The van der Waals surface area contributed by atoms with E-state index in [0.717, 1.165) is 32.1 Å². The van der Waals surface area contributed by atoms with Gasteiger partial charge in [0, 0.05) is 12.8 Å². The first kappa shape index (κ1) is 60.1. The van der Waals surface area contributed by atoms with Crippen LogP contribution < -0.4 is 5.73 Å². The van der Waals surface area contributed by atoms with E-state index in [1.165, 1.54) is 109 Å². The number of carbonyl (C=O) groups excluding carboxylic acids is 2. The molecule has 4 atom stereocenters. The van der Waals surface area contributed by atoms with E-state index >= 15 is 0 Å². The number of carbonyl (C=O) groups is 3. The monoisotopic (exact) mass is 910 g/mol. The molecule has 0 aliphatic rings. The summed E-state index contributed by atoms with van der Waals surface area (Å²) >= 11 is 0. The smallest absolute Gasteiger partial charge is 0.472 e. The third kappa shape index (κ3) is 44.1. The summed E-state index contributed by atoms with van der Waals surface area (Å²) in [5.74, 6) is -2.50. The van der Waals surface area contributed by atoms with E-state index < -0.39 is 57.2 Å². The van der Waals surface area contributed by atoms with Crippen molar-refractivity contribution in [3.63, 3.8) is 0 Å². The SMILES string of the molecule is CC/C=C\C/C=C\CC(O)/C=C/C=C\C/C=C\CCCC(=O)O[C@H](COC(=O)CCCCCCCCCCCCCCCCCCCCCCC)COP(=O)(O)OC[C@H](N)C(=O)O. The zero-order valence-corrected chi connectivity index (χ0v) is 40.2. The van der Waals surface area contributed by atoms with Crippen molar-refractivity contribution < 1.29 is 52.6 Å². The molecule has 0 saturated carbocycles. The summed E-state index contributed by atoms with van der Waals surface area (Å²) in [6.45, 7) is 2.57. The molecule has 0 heterocycles. The fourth-order valence-corrected chi connectivity index (χ4v) is 7.32. The Labute approximate surface area is 381 Å². The molecule has 0 amide bonds. The molecule has 12 nitrogen and oxygen atoms in total. The van der Waals surface area contributed by atoms with E-state index in [9.17, 15) is 28.9 Å². The Kier molecular flexibility index (Phi) is 42.3. The molecule has 5 N–H and O–H groups in total. The Morgan fingerprint density at radius 1 is 0.587 bits per heavy atom. The number of hydrogen-bond donors (Lipinski definition) is 4. The fourth-order valence-electron chi connectivity index (χ4n) is 6.54. The maximum absolute atomic E-state index is 12.6. The second kappa shape index (κ2) is 44.3. The van der Waals surface area contributed by atoms with Crippen LogP contribution in [-0.2, 0) is 37.5 Å². The summed E-state index contributed by atoms with van der Waals surface area (Å²) in [7, 11) is -4.75. The van der Waals surface area contributed by atoms with E-state index in [4.69, 9.17) is 24.8 Å². The van der Waals surface area contributed by atoms with Crippen molar-refractivity contribution in [2.75, 3.05) is 19.8 Å². The van der Waals surface area contributed by atoms with Crippen LogP contribution in [0.25, 0.3) is 0 Å². The highest BCUT2D eigenvalue weighted by Gasteiger charge is 2.28.